The van der Waals surface area contributed by atoms with E-state index < -0.39 is 0 Å². The van der Waals surface area contributed by atoms with E-state index in [4.69, 9.17) is 0 Å². The molecular formula is C19H21N3O2. The molecule has 3 amide bonds. The smallest absolute Gasteiger partial charge is 0.323 e. The predicted octanol–water partition coefficient (Wildman–Crippen LogP) is 3.84. The number of hydrogen-bond donors (Lipinski definition) is 3. The third-order valence-electron chi connectivity index (χ3n) is 3.80. The molecule has 0 heterocycles. The molecule has 5 nitrogen and oxygen atoms in total. The largest absolute Gasteiger partial charge is 0.349 e. The first kappa shape index (κ1) is 16.1. The molecular weight excluding hydrogens is 302 g/mol. The Morgan fingerprint density at radius 3 is 2.04 bits per heavy atom. The summed E-state index contributed by atoms with van der Waals surface area (Å²) in [6.45, 7) is 3.98. The lowest BCUT2D eigenvalue weighted by molar-refractivity contribution is 0.0951. The molecule has 3 N–H and O–H groups in total. The minimum Gasteiger partial charge on any atom is -0.349 e. The van der Waals surface area contributed by atoms with Gasteiger partial charge >= 0.3 is 6.03 Å². The van der Waals surface area contributed by atoms with E-state index >= 15 is 0 Å². The van der Waals surface area contributed by atoms with Crippen LogP contribution in [-0.2, 0) is 0 Å². The van der Waals surface area contributed by atoms with Crippen molar-refractivity contribution < 1.29 is 9.59 Å². The second kappa shape index (κ2) is 6.74. The fraction of sp³-hybridized carbons (Fsp3) is 0.263. The van der Waals surface area contributed by atoms with Crippen LogP contribution in [0.5, 0.6) is 0 Å². The Morgan fingerprint density at radius 1 is 0.875 bits per heavy atom. The summed E-state index contributed by atoms with van der Waals surface area (Å²) in [5, 5.41) is 8.52. The van der Waals surface area contributed by atoms with Crippen molar-refractivity contribution in [2.45, 2.75) is 32.7 Å². The summed E-state index contributed by atoms with van der Waals surface area (Å²) in [5.74, 6) is -0.0660. The topological polar surface area (TPSA) is 70.2 Å². The Hall–Kier alpha value is -2.82. The van der Waals surface area contributed by atoms with Crippen LogP contribution in [0.3, 0.4) is 0 Å². The fourth-order valence-corrected chi connectivity index (χ4v) is 2.54. The molecule has 5 heteroatoms. The van der Waals surface area contributed by atoms with Crippen molar-refractivity contribution >= 4 is 23.3 Å². The van der Waals surface area contributed by atoms with Crippen LogP contribution in [0.4, 0.5) is 16.2 Å². The first-order valence-electron chi connectivity index (χ1n) is 8.07. The third-order valence-corrected chi connectivity index (χ3v) is 3.80. The molecule has 0 radical (unpaired) electrons. The zero-order valence-corrected chi connectivity index (χ0v) is 13.8. The molecule has 0 bridgehead atoms. The van der Waals surface area contributed by atoms with Crippen LogP contribution < -0.4 is 16.0 Å². The van der Waals surface area contributed by atoms with Crippen molar-refractivity contribution in [3.63, 3.8) is 0 Å². The monoisotopic (exact) mass is 323 g/mol. The maximum Gasteiger partial charge on any atom is 0.323 e. The minimum absolute atomic E-state index is 0.0660. The van der Waals surface area contributed by atoms with Gasteiger partial charge in [-0.15, -0.1) is 0 Å². The van der Waals surface area contributed by atoms with Gasteiger partial charge in [-0.25, -0.2) is 4.79 Å². The summed E-state index contributed by atoms with van der Waals surface area (Å²) in [7, 11) is 0. The highest BCUT2D eigenvalue weighted by Gasteiger charge is 2.23. The molecule has 24 heavy (non-hydrogen) atoms. The highest BCUT2D eigenvalue weighted by Crippen LogP contribution is 2.20. The zero-order valence-electron chi connectivity index (χ0n) is 13.8. The van der Waals surface area contributed by atoms with Gasteiger partial charge in [0, 0.05) is 23.0 Å². The second-order valence-corrected chi connectivity index (χ2v) is 6.28. The molecule has 2 aromatic carbocycles. The highest BCUT2D eigenvalue weighted by atomic mass is 16.2. The van der Waals surface area contributed by atoms with Crippen molar-refractivity contribution in [3.8, 4) is 0 Å². The van der Waals surface area contributed by atoms with Crippen molar-refractivity contribution in [1.82, 2.24) is 5.32 Å². The van der Waals surface area contributed by atoms with Gasteiger partial charge in [-0.2, -0.15) is 0 Å². The molecule has 0 saturated heterocycles. The number of carbonyl (C=O) groups excluding carboxylic acids is 2. The van der Waals surface area contributed by atoms with Crippen molar-refractivity contribution in [1.29, 1.82) is 0 Å². The van der Waals surface area contributed by atoms with E-state index in [1.54, 1.807) is 24.3 Å². The summed E-state index contributed by atoms with van der Waals surface area (Å²) in [4.78, 5) is 24.0. The molecule has 124 valence electrons. The molecule has 0 spiro atoms. The lowest BCUT2D eigenvalue weighted by Gasteiger charge is -2.10. The Kier molecular flexibility index (Phi) is 4.51. The van der Waals surface area contributed by atoms with Gasteiger partial charge in [0.1, 0.15) is 0 Å². The van der Waals surface area contributed by atoms with Crippen LogP contribution in [0.2, 0.25) is 0 Å². The van der Waals surface area contributed by atoms with Gasteiger partial charge in [0.25, 0.3) is 5.91 Å². The van der Waals surface area contributed by atoms with E-state index in [9.17, 15) is 9.59 Å². The summed E-state index contributed by atoms with van der Waals surface area (Å²) in [6, 6.07) is 12.8. The predicted molar refractivity (Wildman–Crippen MR) is 95.5 cm³/mol. The molecule has 2 aromatic rings. The van der Waals surface area contributed by atoms with Crippen LogP contribution >= 0.6 is 0 Å². The summed E-state index contributed by atoms with van der Waals surface area (Å²) < 4.78 is 0. The minimum atomic E-state index is -0.310. The number of rotatable bonds is 4. The number of amides is 3. The number of carbonyl (C=O) groups is 2. The number of urea groups is 1. The highest BCUT2D eigenvalue weighted by molar-refractivity contribution is 6.00. The van der Waals surface area contributed by atoms with Crippen LogP contribution in [0.15, 0.2) is 42.5 Å². The number of benzene rings is 2. The standard InChI is InChI=1S/C19H21N3O2/c1-12-9-13(2)11-17(10-12)22-19(24)21-16-5-3-14(4-6-16)18(23)20-15-7-8-15/h3-6,9-11,15H,7-8H2,1-2H3,(H,20,23)(H2,21,22,24). The SMILES string of the molecule is Cc1cc(C)cc(NC(=O)Nc2ccc(C(=O)NC3CC3)cc2)c1. The molecule has 0 atom stereocenters. The molecule has 1 aliphatic carbocycles. The number of aryl methyl sites for hydroxylation is 2. The van der Waals surface area contributed by atoms with Gasteiger partial charge in [0.2, 0.25) is 0 Å². The van der Waals surface area contributed by atoms with Crippen LogP contribution in [0.25, 0.3) is 0 Å². The molecule has 0 unspecified atom stereocenters. The molecule has 3 rings (SSSR count). The molecule has 1 saturated carbocycles. The van der Waals surface area contributed by atoms with Crippen LogP contribution in [-0.4, -0.2) is 18.0 Å². The van der Waals surface area contributed by atoms with Crippen LogP contribution in [0, 0.1) is 13.8 Å². The maximum absolute atomic E-state index is 12.1. The lowest BCUT2D eigenvalue weighted by Crippen LogP contribution is -2.25. The Balaban J connectivity index is 1.58. The Bertz CT molecular complexity index is 744. The van der Waals surface area contributed by atoms with E-state index in [2.05, 4.69) is 22.0 Å². The van der Waals surface area contributed by atoms with E-state index in [1.807, 2.05) is 26.0 Å². The molecule has 0 aliphatic heterocycles. The van der Waals surface area contributed by atoms with Gasteiger partial charge < -0.3 is 16.0 Å². The summed E-state index contributed by atoms with van der Waals surface area (Å²) in [6.07, 6.45) is 2.12. The van der Waals surface area contributed by atoms with Crippen LogP contribution in [0.1, 0.15) is 34.3 Å². The van der Waals surface area contributed by atoms with Crippen molar-refractivity contribution in [2.75, 3.05) is 10.6 Å². The van der Waals surface area contributed by atoms with Gasteiger partial charge in [-0.3, -0.25) is 4.79 Å². The number of anilines is 2. The van der Waals surface area contributed by atoms with Gasteiger partial charge in [-0.05, 0) is 74.2 Å². The molecule has 1 aliphatic rings. The average molecular weight is 323 g/mol. The van der Waals surface area contributed by atoms with E-state index in [0.717, 1.165) is 29.7 Å². The van der Waals surface area contributed by atoms with E-state index in [-0.39, 0.29) is 11.9 Å². The van der Waals surface area contributed by atoms with Crippen molar-refractivity contribution in [2.24, 2.45) is 0 Å². The average Bonchev–Trinajstić information content (AvgIpc) is 3.30. The summed E-state index contributed by atoms with van der Waals surface area (Å²) in [5.41, 5.74) is 4.18. The third kappa shape index (κ3) is 4.35. The Labute approximate surface area is 141 Å². The molecule has 0 aromatic heterocycles. The Morgan fingerprint density at radius 2 is 1.46 bits per heavy atom. The van der Waals surface area contributed by atoms with Gasteiger partial charge in [0.05, 0.1) is 0 Å². The van der Waals surface area contributed by atoms with E-state index in [1.165, 1.54) is 0 Å². The normalized spacial score (nSPS) is 13.2. The van der Waals surface area contributed by atoms with E-state index in [0.29, 0.717) is 17.3 Å². The molecule has 1 fully saturated rings. The van der Waals surface area contributed by atoms with Gasteiger partial charge in [0.15, 0.2) is 0 Å². The first-order chi connectivity index (χ1) is 11.5. The quantitative estimate of drug-likeness (QED) is 0.800. The number of nitrogens with one attached hydrogen (secondary N) is 3. The lowest BCUT2D eigenvalue weighted by atomic mass is 10.1. The number of hydrogen-bond acceptors (Lipinski definition) is 2. The second-order valence-electron chi connectivity index (χ2n) is 6.28. The summed E-state index contributed by atoms with van der Waals surface area (Å²) >= 11 is 0. The zero-order chi connectivity index (χ0) is 17.1. The first-order valence-corrected chi connectivity index (χ1v) is 8.07. The fourth-order valence-electron chi connectivity index (χ4n) is 2.54. The maximum atomic E-state index is 12.1. The van der Waals surface area contributed by atoms with Crippen molar-refractivity contribution in [3.05, 3.63) is 59.2 Å². The van der Waals surface area contributed by atoms with Gasteiger partial charge in [-0.1, -0.05) is 6.07 Å².